The number of hydrogen-bond donors (Lipinski definition) is 1. The van der Waals surface area contributed by atoms with Gasteiger partial charge in [0.05, 0.1) is 0 Å². The molecule has 1 saturated carbocycles. The highest BCUT2D eigenvalue weighted by Crippen LogP contribution is 2.21. The molecule has 1 atom stereocenters. The molecule has 0 spiro atoms. The Labute approximate surface area is 56.1 Å². The van der Waals surface area contributed by atoms with E-state index < -0.39 is 0 Å². The van der Waals surface area contributed by atoms with Gasteiger partial charge in [0.1, 0.15) is 0 Å². The first-order valence-electron chi connectivity index (χ1n) is 3.88. The average molecular weight is 123 g/mol. The Hall–Kier alpha value is -0.300. The summed E-state index contributed by atoms with van der Waals surface area (Å²) < 4.78 is 0. The van der Waals surface area contributed by atoms with Crippen molar-refractivity contribution in [2.24, 2.45) is 0 Å². The molecule has 2 rings (SSSR count). The van der Waals surface area contributed by atoms with Gasteiger partial charge in [-0.15, -0.1) is 0 Å². The van der Waals surface area contributed by atoms with Crippen LogP contribution in [0.25, 0.3) is 0 Å². The lowest BCUT2D eigenvalue weighted by Gasteiger charge is -2.07. The summed E-state index contributed by atoms with van der Waals surface area (Å²) in [7, 11) is 0. The monoisotopic (exact) mass is 123 g/mol. The molecule has 0 heterocycles. The normalized spacial score (nSPS) is 33.6. The molecule has 1 nitrogen and oxygen atoms in total. The van der Waals surface area contributed by atoms with E-state index in [4.69, 9.17) is 0 Å². The van der Waals surface area contributed by atoms with E-state index in [1.54, 1.807) is 0 Å². The predicted molar refractivity (Wildman–Crippen MR) is 38.3 cm³/mol. The Balaban J connectivity index is 1.77. The van der Waals surface area contributed by atoms with Gasteiger partial charge < -0.3 is 5.32 Å². The van der Waals surface area contributed by atoms with Crippen molar-refractivity contribution < 1.29 is 0 Å². The Kier molecular flexibility index (Phi) is 1.31. The molecule has 0 aromatic heterocycles. The third kappa shape index (κ3) is 1.33. The van der Waals surface area contributed by atoms with Crippen LogP contribution >= 0.6 is 0 Å². The van der Waals surface area contributed by atoms with Crippen molar-refractivity contribution in [3.05, 3.63) is 12.2 Å². The van der Waals surface area contributed by atoms with E-state index in [0.717, 1.165) is 12.1 Å². The largest absolute Gasteiger partial charge is 0.308 e. The van der Waals surface area contributed by atoms with Gasteiger partial charge >= 0.3 is 0 Å². The van der Waals surface area contributed by atoms with E-state index in [1.807, 2.05) is 0 Å². The molecule has 9 heavy (non-hydrogen) atoms. The van der Waals surface area contributed by atoms with E-state index in [1.165, 1.54) is 25.7 Å². The molecular formula is C8H13N. The second kappa shape index (κ2) is 2.14. The van der Waals surface area contributed by atoms with Gasteiger partial charge in [-0.2, -0.15) is 0 Å². The van der Waals surface area contributed by atoms with Crippen LogP contribution in [-0.2, 0) is 0 Å². The van der Waals surface area contributed by atoms with Gasteiger partial charge in [-0.05, 0) is 25.7 Å². The Morgan fingerprint density at radius 2 is 2.11 bits per heavy atom. The second-order valence-corrected chi connectivity index (χ2v) is 3.05. The van der Waals surface area contributed by atoms with Crippen molar-refractivity contribution in [2.75, 3.05) is 0 Å². The molecule has 0 bridgehead atoms. The number of allylic oxidation sites excluding steroid dienone is 1. The van der Waals surface area contributed by atoms with E-state index in [0.29, 0.717) is 0 Å². The van der Waals surface area contributed by atoms with E-state index >= 15 is 0 Å². The molecule has 0 saturated heterocycles. The molecule has 0 radical (unpaired) electrons. The van der Waals surface area contributed by atoms with Gasteiger partial charge in [0, 0.05) is 12.1 Å². The topological polar surface area (TPSA) is 12.0 Å². The quantitative estimate of drug-likeness (QED) is 0.548. The summed E-state index contributed by atoms with van der Waals surface area (Å²) in [6, 6.07) is 1.59. The summed E-state index contributed by atoms with van der Waals surface area (Å²) in [5.74, 6) is 0. The number of rotatable bonds is 2. The van der Waals surface area contributed by atoms with Crippen LogP contribution < -0.4 is 5.32 Å². The minimum Gasteiger partial charge on any atom is -0.308 e. The summed E-state index contributed by atoms with van der Waals surface area (Å²) in [5.41, 5.74) is 0. The predicted octanol–water partition coefficient (Wildman–Crippen LogP) is 1.46. The van der Waals surface area contributed by atoms with Crippen molar-refractivity contribution >= 4 is 0 Å². The minimum absolute atomic E-state index is 0.720. The van der Waals surface area contributed by atoms with Gasteiger partial charge in [-0.1, -0.05) is 12.2 Å². The van der Waals surface area contributed by atoms with Crippen LogP contribution in [0, 0.1) is 0 Å². The lowest BCUT2D eigenvalue weighted by molar-refractivity contribution is 0.579. The Morgan fingerprint density at radius 1 is 1.22 bits per heavy atom. The van der Waals surface area contributed by atoms with Crippen molar-refractivity contribution in [3.8, 4) is 0 Å². The molecule has 0 amide bonds. The molecule has 1 N–H and O–H groups in total. The zero-order valence-corrected chi connectivity index (χ0v) is 5.64. The summed E-state index contributed by atoms with van der Waals surface area (Å²) in [6.45, 7) is 0. The van der Waals surface area contributed by atoms with Gasteiger partial charge in [0.25, 0.3) is 0 Å². The number of hydrogen-bond acceptors (Lipinski definition) is 1. The van der Waals surface area contributed by atoms with Gasteiger partial charge in [-0.25, -0.2) is 0 Å². The van der Waals surface area contributed by atoms with Crippen LogP contribution in [-0.4, -0.2) is 12.1 Å². The smallest absolute Gasteiger partial charge is 0.0255 e. The van der Waals surface area contributed by atoms with Crippen molar-refractivity contribution in [2.45, 2.75) is 37.8 Å². The standard InChI is InChI=1S/C8H13N/c1-2-4-7(3-1)9-8-5-6-8/h1,3,7-9H,2,4-6H2. The first-order valence-corrected chi connectivity index (χ1v) is 3.88. The zero-order valence-electron chi connectivity index (χ0n) is 5.64. The summed E-state index contributed by atoms with van der Waals surface area (Å²) in [4.78, 5) is 0. The van der Waals surface area contributed by atoms with Crippen molar-refractivity contribution in [3.63, 3.8) is 0 Å². The fraction of sp³-hybridized carbons (Fsp3) is 0.750. The number of nitrogens with one attached hydrogen (secondary N) is 1. The first kappa shape index (κ1) is 5.48. The first-order chi connectivity index (χ1) is 4.45. The van der Waals surface area contributed by atoms with Crippen LogP contribution in [0.1, 0.15) is 25.7 Å². The molecule has 1 heteroatoms. The van der Waals surface area contributed by atoms with E-state index in [2.05, 4.69) is 17.5 Å². The van der Waals surface area contributed by atoms with Gasteiger partial charge in [-0.3, -0.25) is 0 Å². The lowest BCUT2D eigenvalue weighted by Crippen LogP contribution is -2.26. The molecule has 50 valence electrons. The van der Waals surface area contributed by atoms with Crippen LogP contribution in [0.15, 0.2) is 12.2 Å². The SMILES string of the molecule is C1=CC(NC2CC2)CC1. The van der Waals surface area contributed by atoms with Crippen molar-refractivity contribution in [1.29, 1.82) is 0 Å². The third-order valence-electron chi connectivity index (χ3n) is 2.04. The molecule has 1 fully saturated rings. The summed E-state index contributed by atoms with van der Waals surface area (Å²) >= 11 is 0. The van der Waals surface area contributed by atoms with E-state index in [-0.39, 0.29) is 0 Å². The third-order valence-corrected chi connectivity index (χ3v) is 2.04. The molecule has 0 aromatic rings. The molecule has 2 aliphatic rings. The van der Waals surface area contributed by atoms with Crippen LogP contribution in [0.4, 0.5) is 0 Å². The van der Waals surface area contributed by atoms with Crippen LogP contribution in [0.2, 0.25) is 0 Å². The minimum atomic E-state index is 0.720. The maximum absolute atomic E-state index is 3.57. The maximum atomic E-state index is 3.57. The van der Waals surface area contributed by atoms with E-state index in [9.17, 15) is 0 Å². The van der Waals surface area contributed by atoms with Gasteiger partial charge in [0.2, 0.25) is 0 Å². The maximum Gasteiger partial charge on any atom is 0.0255 e. The highest BCUT2D eigenvalue weighted by Gasteiger charge is 2.23. The molecule has 0 aromatic carbocycles. The Bertz CT molecular complexity index is 125. The van der Waals surface area contributed by atoms with Crippen molar-refractivity contribution in [1.82, 2.24) is 5.32 Å². The zero-order chi connectivity index (χ0) is 6.10. The molecule has 0 aliphatic heterocycles. The fourth-order valence-corrected chi connectivity index (χ4v) is 1.32. The van der Waals surface area contributed by atoms with Crippen LogP contribution in [0.3, 0.4) is 0 Å². The van der Waals surface area contributed by atoms with Gasteiger partial charge in [0.15, 0.2) is 0 Å². The molecule has 1 unspecified atom stereocenters. The summed E-state index contributed by atoms with van der Waals surface area (Å²) in [6.07, 6.45) is 10.0. The highest BCUT2D eigenvalue weighted by atomic mass is 15.0. The molecule has 2 aliphatic carbocycles. The summed E-state index contributed by atoms with van der Waals surface area (Å²) in [5, 5.41) is 3.57. The molecular weight excluding hydrogens is 110 g/mol. The second-order valence-electron chi connectivity index (χ2n) is 3.05. The fourth-order valence-electron chi connectivity index (χ4n) is 1.32. The lowest BCUT2D eigenvalue weighted by atomic mass is 10.2. The van der Waals surface area contributed by atoms with Crippen LogP contribution in [0.5, 0.6) is 0 Å². The highest BCUT2D eigenvalue weighted by molar-refractivity contribution is 5.03. The Morgan fingerprint density at radius 3 is 2.67 bits per heavy atom. The average Bonchev–Trinajstić information content (AvgIpc) is 2.46.